The molecule has 0 unspecified atom stereocenters. The molecule has 1 aliphatic heterocycles. The lowest BCUT2D eigenvalue weighted by Gasteiger charge is -2.29. The van der Waals surface area contributed by atoms with Crippen LogP contribution >= 0.6 is 0 Å². The van der Waals surface area contributed by atoms with Gasteiger partial charge >= 0.3 is 6.18 Å². The summed E-state index contributed by atoms with van der Waals surface area (Å²) in [6.07, 6.45) is -1.60. The van der Waals surface area contributed by atoms with E-state index in [1.165, 1.54) is 11.1 Å². The first-order valence-corrected chi connectivity index (χ1v) is 9.14. The van der Waals surface area contributed by atoms with Crippen LogP contribution in [0.1, 0.15) is 17.5 Å². The van der Waals surface area contributed by atoms with Crippen LogP contribution in [0.2, 0.25) is 0 Å². The number of likely N-dealkylation sites (N-methyl/N-ethyl adjacent to an activating group) is 1. The van der Waals surface area contributed by atoms with Crippen LogP contribution in [0.4, 0.5) is 18.9 Å². The second-order valence-electron chi connectivity index (χ2n) is 6.87. The molecule has 6 nitrogen and oxygen atoms in total. The highest BCUT2D eigenvalue weighted by molar-refractivity contribution is 5.78. The Kier molecular flexibility index (Phi) is 6.26. The van der Waals surface area contributed by atoms with Crippen LogP contribution in [0.3, 0.4) is 0 Å². The fraction of sp³-hybridized carbons (Fsp3) is 0.400. The maximum atomic E-state index is 13.3. The van der Waals surface area contributed by atoms with Crippen molar-refractivity contribution in [2.45, 2.75) is 25.2 Å². The molecule has 0 aliphatic carbocycles. The van der Waals surface area contributed by atoms with Gasteiger partial charge in [-0.05, 0) is 30.2 Å². The standard InChI is InChI=1S/C20H22F3N3O3/c1-25(18-10-24-8-6-17(18)20(21,22)23)15-7-9-26(11-15)19(28)13-29-16-4-2-14(12-27)3-5-16/h2-6,8,10,15,27H,7,9,11-13H2,1H3/t15-/m1/s1. The molecule has 1 atom stereocenters. The summed E-state index contributed by atoms with van der Waals surface area (Å²) in [4.78, 5) is 19.4. The Balaban J connectivity index is 1.58. The van der Waals surface area contributed by atoms with Crippen LogP contribution in [0, 0.1) is 0 Å². The molecule has 1 fully saturated rings. The molecule has 1 saturated heterocycles. The van der Waals surface area contributed by atoms with Crippen LogP contribution in [0.25, 0.3) is 0 Å². The van der Waals surface area contributed by atoms with Gasteiger partial charge in [0.15, 0.2) is 6.61 Å². The Bertz CT molecular complexity index is 843. The fourth-order valence-electron chi connectivity index (χ4n) is 3.32. The predicted octanol–water partition coefficient (Wildman–Crippen LogP) is 2.71. The molecular weight excluding hydrogens is 387 g/mol. The molecule has 1 N–H and O–H groups in total. The number of likely N-dealkylation sites (tertiary alicyclic amines) is 1. The summed E-state index contributed by atoms with van der Waals surface area (Å²) in [6.45, 7) is 0.529. The molecule has 9 heteroatoms. The lowest BCUT2D eigenvalue weighted by Crippen LogP contribution is -2.39. The van der Waals surface area contributed by atoms with Gasteiger partial charge in [0.05, 0.1) is 24.1 Å². The molecule has 0 spiro atoms. The van der Waals surface area contributed by atoms with Crippen molar-refractivity contribution in [3.05, 3.63) is 53.9 Å². The Morgan fingerprint density at radius 1 is 1.31 bits per heavy atom. The fourth-order valence-corrected chi connectivity index (χ4v) is 3.32. The number of halogens is 3. The average molecular weight is 409 g/mol. The van der Waals surface area contributed by atoms with Gasteiger partial charge in [-0.25, -0.2) is 0 Å². The number of nitrogens with zero attached hydrogens (tertiary/aromatic N) is 3. The molecule has 3 rings (SSSR count). The number of carbonyl (C=O) groups excluding carboxylic acids is 1. The van der Waals surface area contributed by atoms with E-state index in [4.69, 9.17) is 9.84 Å². The Morgan fingerprint density at radius 2 is 2.03 bits per heavy atom. The van der Waals surface area contributed by atoms with Crippen molar-refractivity contribution >= 4 is 11.6 Å². The minimum absolute atomic E-state index is 0.000443. The average Bonchev–Trinajstić information content (AvgIpc) is 3.21. The van der Waals surface area contributed by atoms with Gasteiger partial charge in [-0.15, -0.1) is 0 Å². The zero-order chi connectivity index (χ0) is 21.0. The molecule has 29 heavy (non-hydrogen) atoms. The van der Waals surface area contributed by atoms with Gasteiger partial charge in [0.1, 0.15) is 5.75 Å². The highest BCUT2D eigenvalue weighted by Gasteiger charge is 2.37. The van der Waals surface area contributed by atoms with Gasteiger partial charge in [-0.1, -0.05) is 12.1 Å². The van der Waals surface area contributed by atoms with E-state index in [0.29, 0.717) is 25.3 Å². The van der Waals surface area contributed by atoms with Crippen molar-refractivity contribution in [3.8, 4) is 5.75 Å². The predicted molar refractivity (Wildman–Crippen MR) is 100 cm³/mol. The Morgan fingerprint density at radius 3 is 2.69 bits per heavy atom. The number of alkyl halides is 3. The zero-order valence-electron chi connectivity index (χ0n) is 15.9. The summed E-state index contributed by atoms with van der Waals surface area (Å²) in [5, 5.41) is 9.03. The van der Waals surface area contributed by atoms with E-state index in [0.717, 1.165) is 17.8 Å². The van der Waals surface area contributed by atoms with Gasteiger partial charge in [0.25, 0.3) is 5.91 Å². The van der Waals surface area contributed by atoms with Crippen LogP contribution in [0.15, 0.2) is 42.7 Å². The number of hydrogen-bond donors (Lipinski definition) is 1. The summed E-state index contributed by atoms with van der Waals surface area (Å²) in [5.74, 6) is 0.281. The molecule has 1 aliphatic rings. The molecule has 0 saturated carbocycles. The third-order valence-corrected chi connectivity index (χ3v) is 5.02. The van der Waals surface area contributed by atoms with Crippen LogP contribution < -0.4 is 9.64 Å². The summed E-state index contributed by atoms with van der Waals surface area (Å²) in [7, 11) is 1.59. The molecular formula is C20H22F3N3O3. The van der Waals surface area contributed by atoms with Gasteiger partial charge < -0.3 is 19.6 Å². The summed E-state index contributed by atoms with van der Waals surface area (Å²) >= 11 is 0. The maximum Gasteiger partial charge on any atom is 0.418 e. The molecule has 2 aromatic rings. The third kappa shape index (κ3) is 4.97. The molecule has 156 valence electrons. The number of benzene rings is 1. The van der Waals surface area contributed by atoms with Gasteiger partial charge in [0, 0.05) is 32.4 Å². The summed E-state index contributed by atoms with van der Waals surface area (Å²) in [5.41, 5.74) is -0.00307. The number of carbonyl (C=O) groups is 1. The molecule has 0 bridgehead atoms. The van der Waals surface area contributed by atoms with E-state index in [2.05, 4.69) is 4.98 Å². The van der Waals surface area contributed by atoms with E-state index in [1.807, 2.05) is 0 Å². The minimum Gasteiger partial charge on any atom is -0.484 e. The third-order valence-electron chi connectivity index (χ3n) is 5.02. The van der Waals surface area contributed by atoms with Gasteiger partial charge in [-0.3, -0.25) is 9.78 Å². The van der Waals surface area contributed by atoms with Crippen LogP contribution in [-0.4, -0.2) is 53.7 Å². The van der Waals surface area contributed by atoms with Crippen molar-refractivity contribution in [1.82, 2.24) is 9.88 Å². The first-order valence-electron chi connectivity index (χ1n) is 9.14. The Labute approximate surface area is 166 Å². The normalized spacial score (nSPS) is 16.7. The first kappa shape index (κ1) is 20.9. The number of pyridine rings is 1. The lowest BCUT2D eigenvalue weighted by molar-refractivity contribution is -0.137. The van der Waals surface area contributed by atoms with Gasteiger partial charge in [-0.2, -0.15) is 13.2 Å². The highest BCUT2D eigenvalue weighted by atomic mass is 19.4. The van der Waals surface area contributed by atoms with Crippen LogP contribution in [0.5, 0.6) is 5.75 Å². The molecule has 1 amide bonds. The molecule has 1 aromatic heterocycles. The number of rotatable bonds is 6. The van der Waals surface area contributed by atoms with E-state index in [-0.39, 0.29) is 30.9 Å². The van der Waals surface area contributed by atoms with Crippen molar-refractivity contribution in [2.75, 3.05) is 31.6 Å². The van der Waals surface area contributed by atoms with E-state index < -0.39 is 11.7 Å². The number of hydrogen-bond acceptors (Lipinski definition) is 5. The topological polar surface area (TPSA) is 65.9 Å². The maximum absolute atomic E-state index is 13.3. The number of amides is 1. The number of aliphatic hydroxyl groups is 1. The van der Waals surface area contributed by atoms with Gasteiger partial charge in [0.2, 0.25) is 0 Å². The largest absolute Gasteiger partial charge is 0.484 e. The molecule has 0 radical (unpaired) electrons. The first-order chi connectivity index (χ1) is 13.8. The number of ether oxygens (including phenoxy) is 1. The van der Waals surface area contributed by atoms with E-state index >= 15 is 0 Å². The second-order valence-corrected chi connectivity index (χ2v) is 6.87. The van der Waals surface area contributed by atoms with Crippen molar-refractivity contribution in [1.29, 1.82) is 0 Å². The highest BCUT2D eigenvalue weighted by Crippen LogP contribution is 2.36. The van der Waals surface area contributed by atoms with Crippen LogP contribution in [-0.2, 0) is 17.6 Å². The number of aliphatic hydroxyl groups excluding tert-OH is 1. The number of anilines is 1. The monoisotopic (exact) mass is 409 g/mol. The summed E-state index contributed by atoms with van der Waals surface area (Å²) in [6, 6.07) is 7.45. The van der Waals surface area contributed by atoms with Crippen molar-refractivity contribution < 1.29 is 27.8 Å². The van der Waals surface area contributed by atoms with Crippen molar-refractivity contribution in [2.24, 2.45) is 0 Å². The smallest absolute Gasteiger partial charge is 0.418 e. The Hall–Kier alpha value is -2.81. The lowest BCUT2D eigenvalue weighted by atomic mass is 10.1. The minimum atomic E-state index is -4.47. The summed E-state index contributed by atoms with van der Waals surface area (Å²) < 4.78 is 45.3. The SMILES string of the molecule is CN(c1cnccc1C(F)(F)F)[C@@H]1CCN(C(=O)COc2ccc(CO)cc2)C1. The quantitative estimate of drug-likeness (QED) is 0.795. The van der Waals surface area contributed by atoms with E-state index in [1.54, 1.807) is 36.2 Å². The molecule has 1 aromatic carbocycles. The number of aromatic nitrogens is 1. The van der Waals surface area contributed by atoms with E-state index in [9.17, 15) is 18.0 Å². The molecule has 2 heterocycles. The van der Waals surface area contributed by atoms with Crippen molar-refractivity contribution in [3.63, 3.8) is 0 Å². The second kappa shape index (κ2) is 8.69. The zero-order valence-corrected chi connectivity index (χ0v) is 15.9.